The predicted octanol–water partition coefficient (Wildman–Crippen LogP) is 5.21. The lowest BCUT2D eigenvalue weighted by Gasteiger charge is -2.10. The molecule has 0 aliphatic carbocycles. The monoisotopic (exact) mass is 409 g/mol. The van der Waals surface area contributed by atoms with E-state index in [1.807, 2.05) is 0 Å². The van der Waals surface area contributed by atoms with Crippen LogP contribution in [-0.2, 0) is 9.53 Å². The molecule has 0 spiro atoms. The smallest absolute Gasteiger partial charge is 0.338 e. The topological polar surface area (TPSA) is 64.6 Å². The van der Waals surface area contributed by atoms with Gasteiger partial charge in [-0.05, 0) is 48.7 Å². The molecule has 0 aliphatic heterocycles. The van der Waals surface area contributed by atoms with E-state index in [2.05, 4.69) is 19.2 Å². The first-order valence-electron chi connectivity index (χ1n) is 8.50. The maximum absolute atomic E-state index is 12.1. The van der Waals surface area contributed by atoms with Gasteiger partial charge in [-0.25, -0.2) is 4.79 Å². The summed E-state index contributed by atoms with van der Waals surface area (Å²) in [5.41, 5.74) is 0.611. The summed E-state index contributed by atoms with van der Waals surface area (Å²) in [6.45, 7) is 4.41. The summed E-state index contributed by atoms with van der Waals surface area (Å²) in [4.78, 5) is 24.0. The number of nitrogens with one attached hydrogen (secondary N) is 1. The zero-order valence-electron chi connectivity index (χ0n) is 15.1. The molecule has 0 aromatic heterocycles. The highest BCUT2D eigenvalue weighted by atomic mass is 35.5. The van der Waals surface area contributed by atoms with Crippen LogP contribution in [0.3, 0.4) is 0 Å². The van der Waals surface area contributed by atoms with Crippen LogP contribution in [0.5, 0.6) is 5.75 Å². The van der Waals surface area contributed by atoms with Gasteiger partial charge in [-0.1, -0.05) is 43.1 Å². The number of halogens is 2. The molecule has 2 rings (SSSR count). The Morgan fingerprint density at radius 2 is 1.67 bits per heavy atom. The van der Waals surface area contributed by atoms with Gasteiger partial charge in [-0.3, -0.25) is 4.79 Å². The maximum Gasteiger partial charge on any atom is 0.338 e. The first-order chi connectivity index (χ1) is 12.9. The van der Waals surface area contributed by atoms with E-state index < -0.39 is 18.5 Å². The second kappa shape index (κ2) is 10.2. The van der Waals surface area contributed by atoms with Gasteiger partial charge < -0.3 is 14.8 Å². The number of esters is 1. The highest BCUT2D eigenvalue weighted by Gasteiger charge is 2.13. The van der Waals surface area contributed by atoms with Crippen LogP contribution in [0.15, 0.2) is 42.5 Å². The van der Waals surface area contributed by atoms with Crippen molar-refractivity contribution in [1.29, 1.82) is 0 Å². The molecule has 27 heavy (non-hydrogen) atoms. The molecule has 0 atom stereocenters. The fraction of sp³-hybridized carbons (Fsp3) is 0.300. The SMILES string of the molecule is CC(C)CCOc1ccc(C(=O)OCC(=O)Nc2c(Cl)cccc2Cl)cc1. The standard InChI is InChI=1S/C20H21Cl2NO4/c1-13(2)10-11-26-15-8-6-14(7-9-15)20(25)27-12-18(24)23-19-16(21)4-3-5-17(19)22/h3-9,13H,10-12H2,1-2H3,(H,23,24). The fourth-order valence-corrected chi connectivity index (χ4v) is 2.60. The van der Waals surface area contributed by atoms with Gasteiger partial charge in [0.15, 0.2) is 6.61 Å². The fourth-order valence-electron chi connectivity index (χ4n) is 2.11. The van der Waals surface area contributed by atoms with Crippen molar-refractivity contribution in [2.45, 2.75) is 20.3 Å². The van der Waals surface area contributed by atoms with Crippen molar-refractivity contribution in [2.24, 2.45) is 5.92 Å². The van der Waals surface area contributed by atoms with Crippen LogP contribution >= 0.6 is 23.2 Å². The third kappa shape index (κ3) is 6.77. The van der Waals surface area contributed by atoms with Crippen LogP contribution in [-0.4, -0.2) is 25.1 Å². The minimum atomic E-state index is -0.607. The van der Waals surface area contributed by atoms with Crippen LogP contribution in [0, 0.1) is 5.92 Å². The molecule has 144 valence electrons. The molecule has 0 unspecified atom stereocenters. The van der Waals surface area contributed by atoms with E-state index in [0.29, 0.717) is 33.9 Å². The highest BCUT2D eigenvalue weighted by molar-refractivity contribution is 6.39. The van der Waals surface area contributed by atoms with E-state index in [-0.39, 0.29) is 5.69 Å². The second-order valence-corrected chi connectivity index (χ2v) is 7.09. The van der Waals surface area contributed by atoms with E-state index in [1.165, 1.54) is 0 Å². The molecular weight excluding hydrogens is 389 g/mol. The number of carbonyl (C=O) groups excluding carboxylic acids is 2. The first kappa shape index (κ1) is 21.1. The van der Waals surface area contributed by atoms with Gasteiger partial charge in [-0.2, -0.15) is 0 Å². The molecule has 0 bridgehead atoms. The minimum Gasteiger partial charge on any atom is -0.494 e. The number of para-hydroxylation sites is 1. The van der Waals surface area contributed by atoms with Crippen LogP contribution in [0.1, 0.15) is 30.6 Å². The molecule has 0 aliphatic rings. The van der Waals surface area contributed by atoms with Gasteiger partial charge in [0.1, 0.15) is 5.75 Å². The van der Waals surface area contributed by atoms with Crippen molar-refractivity contribution in [2.75, 3.05) is 18.5 Å². The molecule has 5 nitrogen and oxygen atoms in total. The lowest BCUT2D eigenvalue weighted by Crippen LogP contribution is -2.21. The Labute approximate surface area is 168 Å². The zero-order valence-corrected chi connectivity index (χ0v) is 16.6. The van der Waals surface area contributed by atoms with Crippen LogP contribution in [0.25, 0.3) is 0 Å². The Bertz CT molecular complexity index is 771. The molecule has 0 saturated heterocycles. The van der Waals surface area contributed by atoms with E-state index in [0.717, 1.165) is 6.42 Å². The summed E-state index contributed by atoms with van der Waals surface area (Å²) in [5, 5.41) is 3.13. The molecule has 7 heteroatoms. The lowest BCUT2D eigenvalue weighted by atomic mass is 10.1. The summed E-state index contributed by atoms with van der Waals surface area (Å²) >= 11 is 12.0. The second-order valence-electron chi connectivity index (χ2n) is 6.28. The van der Waals surface area contributed by atoms with Gasteiger partial charge in [0, 0.05) is 0 Å². The normalized spacial score (nSPS) is 10.6. The van der Waals surface area contributed by atoms with Gasteiger partial charge in [0.05, 0.1) is 27.9 Å². The number of ether oxygens (including phenoxy) is 2. The van der Waals surface area contributed by atoms with E-state index >= 15 is 0 Å². The number of benzene rings is 2. The minimum absolute atomic E-state index is 0.282. The van der Waals surface area contributed by atoms with E-state index in [9.17, 15) is 9.59 Å². The average molecular weight is 410 g/mol. The summed E-state index contributed by atoms with van der Waals surface area (Å²) in [7, 11) is 0. The molecule has 2 aromatic carbocycles. The lowest BCUT2D eigenvalue weighted by molar-refractivity contribution is -0.119. The van der Waals surface area contributed by atoms with E-state index in [4.69, 9.17) is 32.7 Å². The van der Waals surface area contributed by atoms with Crippen LogP contribution in [0.2, 0.25) is 10.0 Å². The molecule has 2 aromatic rings. The average Bonchev–Trinajstić information content (AvgIpc) is 2.63. The molecule has 1 amide bonds. The zero-order chi connectivity index (χ0) is 19.8. The molecule has 1 N–H and O–H groups in total. The van der Waals surface area contributed by atoms with Crippen molar-refractivity contribution in [1.82, 2.24) is 0 Å². The number of anilines is 1. The van der Waals surface area contributed by atoms with Crippen LogP contribution < -0.4 is 10.1 Å². The van der Waals surface area contributed by atoms with Crippen molar-refractivity contribution in [3.8, 4) is 5.75 Å². The first-order valence-corrected chi connectivity index (χ1v) is 9.26. The molecule has 0 saturated carbocycles. The van der Waals surface area contributed by atoms with Gasteiger partial charge in [-0.15, -0.1) is 0 Å². The maximum atomic E-state index is 12.1. The van der Waals surface area contributed by atoms with Gasteiger partial charge >= 0.3 is 5.97 Å². The number of amides is 1. The Morgan fingerprint density at radius 3 is 2.26 bits per heavy atom. The van der Waals surface area contributed by atoms with Gasteiger partial charge in [0.25, 0.3) is 5.91 Å². The van der Waals surface area contributed by atoms with Crippen molar-refractivity contribution in [3.05, 3.63) is 58.1 Å². The Morgan fingerprint density at radius 1 is 1.04 bits per heavy atom. The molecule has 0 fully saturated rings. The van der Waals surface area contributed by atoms with Crippen LogP contribution in [0.4, 0.5) is 5.69 Å². The number of hydrogen-bond acceptors (Lipinski definition) is 4. The number of rotatable bonds is 8. The molecular formula is C20H21Cl2NO4. The third-order valence-corrected chi connectivity index (χ3v) is 4.25. The Kier molecular flexibility index (Phi) is 7.95. The Balaban J connectivity index is 1.83. The van der Waals surface area contributed by atoms with Gasteiger partial charge in [0.2, 0.25) is 0 Å². The van der Waals surface area contributed by atoms with Crippen molar-refractivity contribution < 1.29 is 19.1 Å². The Hall–Kier alpha value is -2.24. The quantitative estimate of drug-likeness (QED) is 0.607. The third-order valence-electron chi connectivity index (χ3n) is 3.62. The number of carbonyl (C=O) groups is 2. The predicted molar refractivity (Wildman–Crippen MR) is 107 cm³/mol. The summed E-state index contributed by atoms with van der Waals surface area (Å²) in [5.74, 6) is 0.0977. The summed E-state index contributed by atoms with van der Waals surface area (Å²) in [6.07, 6.45) is 0.953. The summed E-state index contributed by atoms with van der Waals surface area (Å²) in [6, 6.07) is 11.4. The molecule has 0 radical (unpaired) electrons. The summed E-state index contributed by atoms with van der Waals surface area (Å²) < 4.78 is 10.6. The van der Waals surface area contributed by atoms with E-state index in [1.54, 1.807) is 42.5 Å². The molecule has 0 heterocycles. The highest BCUT2D eigenvalue weighted by Crippen LogP contribution is 2.29. The van der Waals surface area contributed by atoms with Crippen molar-refractivity contribution >= 4 is 40.8 Å². The number of hydrogen-bond donors (Lipinski definition) is 1. The largest absolute Gasteiger partial charge is 0.494 e. The van der Waals surface area contributed by atoms with Crippen molar-refractivity contribution in [3.63, 3.8) is 0 Å².